The molecule has 0 spiro atoms. The van der Waals surface area contributed by atoms with Crippen molar-refractivity contribution in [2.75, 3.05) is 30.8 Å². The van der Waals surface area contributed by atoms with Gasteiger partial charge in [0.25, 0.3) is 0 Å². The van der Waals surface area contributed by atoms with Crippen molar-refractivity contribution in [1.29, 1.82) is 0 Å². The highest BCUT2D eigenvalue weighted by Gasteiger charge is 2.17. The van der Waals surface area contributed by atoms with E-state index in [-0.39, 0.29) is 5.97 Å². The number of carbonyl (C=O) groups is 1. The zero-order chi connectivity index (χ0) is 20.6. The molecule has 3 rings (SSSR count). The van der Waals surface area contributed by atoms with Gasteiger partial charge in [-0.05, 0) is 50.1 Å². The molecule has 29 heavy (non-hydrogen) atoms. The Labute approximate surface area is 172 Å². The molecule has 0 saturated carbocycles. The molecule has 0 aromatic carbocycles. The third kappa shape index (κ3) is 5.67. The SMILES string of the molecule is CCCC(CC)Nc1cc(-c2cc(C(=O)OC)cc(N[C@@H]3CCNC3)n2)ccn1. The Kier molecular flexibility index (Phi) is 7.41. The van der Waals surface area contributed by atoms with Gasteiger partial charge in [0.15, 0.2) is 0 Å². The molecule has 0 amide bonds. The van der Waals surface area contributed by atoms with Crippen LogP contribution in [0.5, 0.6) is 0 Å². The highest BCUT2D eigenvalue weighted by Crippen LogP contribution is 2.25. The van der Waals surface area contributed by atoms with Crippen molar-refractivity contribution in [1.82, 2.24) is 15.3 Å². The van der Waals surface area contributed by atoms with E-state index in [1.54, 1.807) is 18.3 Å². The summed E-state index contributed by atoms with van der Waals surface area (Å²) in [7, 11) is 1.39. The predicted molar refractivity (Wildman–Crippen MR) is 116 cm³/mol. The van der Waals surface area contributed by atoms with Crippen molar-refractivity contribution < 1.29 is 9.53 Å². The van der Waals surface area contributed by atoms with Gasteiger partial charge >= 0.3 is 5.97 Å². The molecule has 7 nitrogen and oxygen atoms in total. The largest absolute Gasteiger partial charge is 0.465 e. The summed E-state index contributed by atoms with van der Waals surface area (Å²) >= 11 is 0. The molecule has 156 valence electrons. The van der Waals surface area contributed by atoms with Crippen molar-refractivity contribution >= 4 is 17.6 Å². The Morgan fingerprint density at radius 1 is 1.31 bits per heavy atom. The fourth-order valence-corrected chi connectivity index (χ4v) is 3.58. The van der Waals surface area contributed by atoms with Crippen LogP contribution in [0.15, 0.2) is 30.5 Å². The van der Waals surface area contributed by atoms with E-state index in [2.05, 4.69) is 34.8 Å². The van der Waals surface area contributed by atoms with Gasteiger partial charge in [0, 0.05) is 30.4 Å². The first-order chi connectivity index (χ1) is 14.1. The molecule has 7 heteroatoms. The lowest BCUT2D eigenvalue weighted by atomic mass is 10.1. The highest BCUT2D eigenvalue weighted by molar-refractivity contribution is 5.91. The topological polar surface area (TPSA) is 88.2 Å². The van der Waals surface area contributed by atoms with Crippen LogP contribution in [0.4, 0.5) is 11.6 Å². The molecule has 1 fully saturated rings. The third-order valence-electron chi connectivity index (χ3n) is 5.20. The van der Waals surface area contributed by atoms with Crippen LogP contribution >= 0.6 is 0 Å². The molecule has 2 aromatic heterocycles. The van der Waals surface area contributed by atoms with Crippen LogP contribution < -0.4 is 16.0 Å². The number of rotatable bonds is 9. The van der Waals surface area contributed by atoms with E-state index in [4.69, 9.17) is 9.72 Å². The maximum atomic E-state index is 12.2. The third-order valence-corrected chi connectivity index (χ3v) is 5.20. The Morgan fingerprint density at radius 2 is 2.17 bits per heavy atom. The first-order valence-corrected chi connectivity index (χ1v) is 10.4. The van der Waals surface area contributed by atoms with E-state index in [1.165, 1.54) is 7.11 Å². The van der Waals surface area contributed by atoms with Crippen molar-refractivity contribution in [3.8, 4) is 11.3 Å². The molecule has 3 heterocycles. The van der Waals surface area contributed by atoms with Crippen molar-refractivity contribution in [2.45, 2.75) is 51.6 Å². The minimum Gasteiger partial charge on any atom is -0.465 e. The van der Waals surface area contributed by atoms with Crippen LogP contribution in [0.3, 0.4) is 0 Å². The van der Waals surface area contributed by atoms with E-state index in [0.717, 1.165) is 55.8 Å². The van der Waals surface area contributed by atoms with Crippen LogP contribution in [-0.4, -0.2) is 48.2 Å². The average molecular weight is 398 g/mol. The fraction of sp³-hybridized carbons (Fsp3) is 0.500. The highest BCUT2D eigenvalue weighted by atomic mass is 16.5. The van der Waals surface area contributed by atoms with Gasteiger partial charge < -0.3 is 20.7 Å². The maximum Gasteiger partial charge on any atom is 0.338 e. The summed E-state index contributed by atoms with van der Waals surface area (Å²) < 4.78 is 4.94. The molecule has 2 aromatic rings. The van der Waals surface area contributed by atoms with E-state index < -0.39 is 0 Å². The molecular formula is C22H31N5O2. The van der Waals surface area contributed by atoms with Gasteiger partial charge in [-0.1, -0.05) is 20.3 Å². The second kappa shape index (κ2) is 10.2. The summed E-state index contributed by atoms with van der Waals surface area (Å²) in [5.74, 6) is 1.13. The molecule has 1 unspecified atom stereocenters. The summed E-state index contributed by atoms with van der Waals surface area (Å²) in [6.07, 6.45) is 6.07. The van der Waals surface area contributed by atoms with Gasteiger partial charge in [-0.25, -0.2) is 14.8 Å². The van der Waals surface area contributed by atoms with E-state index in [9.17, 15) is 4.79 Å². The van der Waals surface area contributed by atoms with Gasteiger partial charge in [0.1, 0.15) is 11.6 Å². The number of hydrogen-bond donors (Lipinski definition) is 3. The summed E-state index contributed by atoms with van der Waals surface area (Å²) in [6.45, 7) is 6.23. The van der Waals surface area contributed by atoms with Crippen LogP contribution in [0, 0.1) is 0 Å². The number of nitrogens with zero attached hydrogens (tertiary/aromatic N) is 2. The van der Waals surface area contributed by atoms with Crippen LogP contribution in [0.25, 0.3) is 11.3 Å². The normalized spacial score (nSPS) is 17.0. The summed E-state index contributed by atoms with van der Waals surface area (Å²) in [5.41, 5.74) is 2.11. The number of methoxy groups -OCH3 is 1. The zero-order valence-corrected chi connectivity index (χ0v) is 17.5. The monoisotopic (exact) mass is 397 g/mol. The Balaban J connectivity index is 1.89. The van der Waals surface area contributed by atoms with Crippen LogP contribution in [0.1, 0.15) is 49.9 Å². The lowest BCUT2D eigenvalue weighted by molar-refractivity contribution is 0.0600. The first-order valence-electron chi connectivity index (χ1n) is 10.4. The number of esters is 1. The van der Waals surface area contributed by atoms with E-state index in [0.29, 0.717) is 23.5 Å². The van der Waals surface area contributed by atoms with Crippen molar-refractivity contribution in [3.63, 3.8) is 0 Å². The molecule has 0 aliphatic carbocycles. The first kappa shape index (κ1) is 21.0. The number of ether oxygens (including phenoxy) is 1. The van der Waals surface area contributed by atoms with Gasteiger partial charge in [-0.15, -0.1) is 0 Å². The minimum absolute atomic E-state index is 0.303. The fourth-order valence-electron chi connectivity index (χ4n) is 3.58. The maximum absolute atomic E-state index is 12.2. The Bertz CT molecular complexity index is 821. The summed E-state index contributed by atoms with van der Waals surface area (Å²) in [4.78, 5) is 21.4. The molecular weight excluding hydrogens is 366 g/mol. The number of aromatic nitrogens is 2. The van der Waals surface area contributed by atoms with Crippen molar-refractivity contribution in [2.24, 2.45) is 0 Å². The minimum atomic E-state index is -0.373. The molecule has 1 aliphatic rings. The van der Waals surface area contributed by atoms with Crippen molar-refractivity contribution in [3.05, 3.63) is 36.0 Å². The summed E-state index contributed by atoms with van der Waals surface area (Å²) in [6, 6.07) is 8.12. The molecule has 0 radical (unpaired) electrons. The van der Waals surface area contributed by atoms with Gasteiger partial charge in [-0.3, -0.25) is 0 Å². The molecule has 3 N–H and O–H groups in total. The number of nitrogens with one attached hydrogen (secondary N) is 3. The second-order valence-electron chi connectivity index (χ2n) is 7.42. The number of hydrogen-bond acceptors (Lipinski definition) is 7. The van der Waals surface area contributed by atoms with Crippen LogP contribution in [-0.2, 0) is 4.74 Å². The van der Waals surface area contributed by atoms with E-state index >= 15 is 0 Å². The molecule has 1 aliphatic heterocycles. The molecule has 0 bridgehead atoms. The van der Waals surface area contributed by atoms with Gasteiger partial charge in [0.05, 0.1) is 18.4 Å². The zero-order valence-electron chi connectivity index (χ0n) is 17.5. The lowest BCUT2D eigenvalue weighted by Crippen LogP contribution is -2.23. The second-order valence-corrected chi connectivity index (χ2v) is 7.42. The van der Waals surface area contributed by atoms with E-state index in [1.807, 2.05) is 12.1 Å². The smallest absolute Gasteiger partial charge is 0.338 e. The molecule has 1 saturated heterocycles. The lowest BCUT2D eigenvalue weighted by Gasteiger charge is -2.17. The predicted octanol–water partition coefficient (Wildman–Crippen LogP) is 3.69. The standard InChI is InChI=1S/C22H31N5O2/c1-4-6-17(5-2)25-20-12-15(7-10-24-20)19-11-16(22(28)29-3)13-21(27-19)26-18-8-9-23-14-18/h7,10-13,17-18,23H,4-6,8-9,14H2,1-3H3,(H,24,25)(H,26,27)/t17?,18-/m1/s1. The average Bonchev–Trinajstić information content (AvgIpc) is 3.25. The summed E-state index contributed by atoms with van der Waals surface area (Å²) in [5, 5.41) is 10.3. The number of anilines is 2. The molecule has 2 atom stereocenters. The number of pyridine rings is 2. The number of carbonyl (C=O) groups excluding carboxylic acids is 1. The van der Waals surface area contributed by atoms with Crippen LogP contribution in [0.2, 0.25) is 0 Å². The Morgan fingerprint density at radius 3 is 2.86 bits per heavy atom. The van der Waals surface area contributed by atoms with Gasteiger partial charge in [-0.2, -0.15) is 0 Å². The Hall–Kier alpha value is -2.67. The van der Waals surface area contributed by atoms with Gasteiger partial charge in [0.2, 0.25) is 0 Å². The quantitative estimate of drug-likeness (QED) is 0.556.